The molecular weight excluding hydrogens is 762 g/mol. The third kappa shape index (κ3) is 7.51. The van der Waals surface area contributed by atoms with E-state index in [1.165, 1.54) is 6.08 Å². The van der Waals surface area contributed by atoms with Crippen LogP contribution in [0.25, 0.3) is 0 Å². The molecule has 4 aliphatic heterocycles. The highest BCUT2D eigenvalue weighted by atomic mass is 17.0. The Labute approximate surface area is 338 Å². The number of carbonyl (C=O) groups excluding carboxylic acids is 1. The SMILES string of the molecule is C[C@H]1O[C@@H](O[C@H]2[C@@H](O)C[C@H](O[C@H]3[C@@H](O)C[C@H](O[C@H]4CC[C@@]5(C)[C@H](CC[C@@H]6[C@@H]5CC[C@]5(C)[C@@H](C7=CC(=O)OC7)[C@@H](O[N+](=O)[O-])C[C@]65O)C4)O[C@@H]3C)O[C@@H]2C)C[C@H](O)[C@@H]1O. The summed E-state index contributed by atoms with van der Waals surface area (Å²) in [5.41, 5.74) is -1.33. The van der Waals surface area contributed by atoms with Gasteiger partial charge in [-0.05, 0) is 94.5 Å². The van der Waals surface area contributed by atoms with Gasteiger partial charge in [0.15, 0.2) is 18.9 Å². The van der Waals surface area contributed by atoms with Crippen LogP contribution in [0.15, 0.2) is 11.6 Å². The molecule has 8 rings (SSSR count). The lowest BCUT2D eigenvalue weighted by Gasteiger charge is -2.63. The number of hydrogen-bond acceptors (Lipinski definition) is 16. The minimum atomic E-state index is -1.21. The van der Waals surface area contributed by atoms with E-state index in [4.69, 9.17) is 38.0 Å². The molecule has 8 aliphatic rings. The molecule has 0 radical (unpaired) electrons. The largest absolute Gasteiger partial charge is 0.458 e. The van der Waals surface area contributed by atoms with E-state index in [1.807, 2.05) is 13.8 Å². The van der Waals surface area contributed by atoms with Crippen molar-refractivity contribution in [3.63, 3.8) is 0 Å². The topological polar surface area (TPSA) is 235 Å². The van der Waals surface area contributed by atoms with Crippen molar-refractivity contribution >= 4 is 5.97 Å². The first-order valence-corrected chi connectivity index (χ1v) is 21.5. The molecule has 0 unspecified atom stereocenters. The third-order valence-electron chi connectivity index (χ3n) is 16.0. The summed E-state index contributed by atoms with van der Waals surface area (Å²) in [6.45, 7) is 9.63. The van der Waals surface area contributed by atoms with E-state index in [0.717, 1.165) is 38.5 Å². The van der Waals surface area contributed by atoms with Crippen molar-refractivity contribution in [3.8, 4) is 0 Å². The number of cyclic esters (lactones) is 1. The Morgan fingerprint density at radius 2 is 1.38 bits per heavy atom. The van der Waals surface area contributed by atoms with Crippen LogP contribution in [-0.4, -0.2) is 135 Å². The maximum Gasteiger partial charge on any atom is 0.331 e. The minimum Gasteiger partial charge on any atom is -0.458 e. The molecule has 0 aromatic heterocycles. The van der Waals surface area contributed by atoms with E-state index in [2.05, 4.69) is 6.92 Å². The molecule has 0 amide bonds. The van der Waals surface area contributed by atoms with Gasteiger partial charge >= 0.3 is 5.97 Å². The molecule has 58 heavy (non-hydrogen) atoms. The Balaban J connectivity index is 0.848. The molecule has 3 saturated heterocycles. The Hall–Kier alpha value is -2.03. The summed E-state index contributed by atoms with van der Waals surface area (Å²) in [6.07, 6.45) is -2.79. The Morgan fingerprint density at radius 3 is 1.95 bits per heavy atom. The van der Waals surface area contributed by atoms with Crippen molar-refractivity contribution < 1.29 is 73.4 Å². The van der Waals surface area contributed by atoms with E-state index < -0.39 is 108 Å². The fourth-order valence-corrected chi connectivity index (χ4v) is 13.0. The number of aliphatic hydroxyl groups is 5. The van der Waals surface area contributed by atoms with Gasteiger partial charge in [0.1, 0.15) is 31.0 Å². The highest BCUT2D eigenvalue weighted by molar-refractivity contribution is 5.85. The molecular formula is C41H63NO16. The van der Waals surface area contributed by atoms with Crippen LogP contribution in [0.1, 0.15) is 105 Å². The van der Waals surface area contributed by atoms with Crippen LogP contribution in [0.3, 0.4) is 0 Å². The predicted octanol–water partition coefficient (Wildman–Crippen LogP) is 2.43. The lowest BCUT2D eigenvalue weighted by molar-refractivity contribution is -0.770. The van der Waals surface area contributed by atoms with E-state index in [1.54, 1.807) is 13.8 Å². The summed E-state index contributed by atoms with van der Waals surface area (Å²) in [7, 11) is 0. The summed E-state index contributed by atoms with van der Waals surface area (Å²) in [6, 6.07) is 0. The van der Waals surface area contributed by atoms with Crippen LogP contribution in [0.5, 0.6) is 0 Å². The zero-order valence-electron chi connectivity index (χ0n) is 34.1. The molecule has 0 aromatic rings. The number of nitrogens with zero attached hydrogens (tertiary/aromatic N) is 1. The van der Waals surface area contributed by atoms with Gasteiger partial charge in [0.25, 0.3) is 5.09 Å². The average Bonchev–Trinajstić information content (AvgIpc) is 3.66. The summed E-state index contributed by atoms with van der Waals surface area (Å²) >= 11 is 0. The van der Waals surface area contributed by atoms with Gasteiger partial charge in [-0.15, -0.1) is 10.1 Å². The Kier molecular flexibility index (Phi) is 11.8. The predicted molar refractivity (Wildman–Crippen MR) is 198 cm³/mol. The number of carbonyl (C=O) groups is 1. The van der Waals surface area contributed by atoms with Crippen LogP contribution >= 0.6 is 0 Å². The Morgan fingerprint density at radius 1 is 0.776 bits per heavy atom. The highest BCUT2D eigenvalue weighted by Gasteiger charge is 2.71. The van der Waals surface area contributed by atoms with Crippen LogP contribution < -0.4 is 0 Å². The molecule has 0 bridgehead atoms. The molecule has 4 aliphatic carbocycles. The molecule has 17 heteroatoms. The molecule has 4 heterocycles. The summed E-state index contributed by atoms with van der Waals surface area (Å²) in [5, 5.41) is 66.1. The fraction of sp³-hybridized carbons (Fsp3) is 0.927. The van der Waals surface area contributed by atoms with Crippen LogP contribution in [-0.2, 0) is 42.8 Å². The minimum absolute atomic E-state index is 0.0582. The maximum absolute atomic E-state index is 12.7. The summed E-state index contributed by atoms with van der Waals surface area (Å²) in [5.74, 6) is -0.501. The number of ether oxygens (including phenoxy) is 7. The molecule has 7 fully saturated rings. The van der Waals surface area contributed by atoms with E-state index in [-0.39, 0.29) is 55.6 Å². The first-order chi connectivity index (χ1) is 27.4. The van der Waals surface area contributed by atoms with Gasteiger partial charge in [-0.1, -0.05) is 13.8 Å². The number of rotatable bonds is 9. The van der Waals surface area contributed by atoms with Crippen molar-refractivity contribution in [2.45, 2.75) is 197 Å². The van der Waals surface area contributed by atoms with Crippen LogP contribution in [0.2, 0.25) is 0 Å². The Bertz CT molecular complexity index is 1530. The molecule has 4 saturated carbocycles. The second-order valence-electron chi connectivity index (χ2n) is 19.2. The van der Waals surface area contributed by atoms with Gasteiger partial charge in [-0.2, -0.15) is 0 Å². The fourth-order valence-electron chi connectivity index (χ4n) is 13.0. The van der Waals surface area contributed by atoms with Crippen molar-refractivity contribution in [1.82, 2.24) is 0 Å². The van der Waals surface area contributed by atoms with Gasteiger partial charge in [-0.25, -0.2) is 4.79 Å². The van der Waals surface area contributed by atoms with Gasteiger partial charge in [-0.3, -0.25) is 0 Å². The van der Waals surface area contributed by atoms with Gasteiger partial charge in [0.05, 0.1) is 48.3 Å². The monoisotopic (exact) mass is 825 g/mol. The lowest BCUT2D eigenvalue weighted by atomic mass is 9.43. The molecule has 21 atom stereocenters. The molecule has 0 aromatic carbocycles. The number of fused-ring (bicyclic) bond motifs is 5. The van der Waals surface area contributed by atoms with Gasteiger partial charge < -0.3 is 63.5 Å². The van der Waals surface area contributed by atoms with Crippen molar-refractivity contribution in [3.05, 3.63) is 21.8 Å². The zero-order valence-corrected chi connectivity index (χ0v) is 34.1. The molecule has 17 nitrogen and oxygen atoms in total. The number of esters is 1. The van der Waals surface area contributed by atoms with E-state index >= 15 is 0 Å². The van der Waals surface area contributed by atoms with Gasteiger partial charge in [0.2, 0.25) is 0 Å². The lowest BCUT2D eigenvalue weighted by Crippen LogP contribution is -2.62. The zero-order chi connectivity index (χ0) is 41.5. The van der Waals surface area contributed by atoms with Gasteiger partial charge in [0, 0.05) is 43.1 Å². The van der Waals surface area contributed by atoms with E-state index in [9.17, 15) is 40.4 Å². The maximum atomic E-state index is 12.7. The molecule has 5 N–H and O–H groups in total. The second kappa shape index (κ2) is 16.0. The third-order valence-corrected chi connectivity index (χ3v) is 16.0. The number of aliphatic hydroxyl groups excluding tert-OH is 4. The summed E-state index contributed by atoms with van der Waals surface area (Å²) in [4.78, 5) is 29.0. The van der Waals surface area contributed by atoms with Crippen molar-refractivity contribution in [2.75, 3.05) is 6.61 Å². The van der Waals surface area contributed by atoms with Crippen LogP contribution in [0.4, 0.5) is 0 Å². The van der Waals surface area contributed by atoms with Crippen molar-refractivity contribution in [2.24, 2.45) is 34.5 Å². The first-order valence-electron chi connectivity index (χ1n) is 21.5. The smallest absolute Gasteiger partial charge is 0.331 e. The second-order valence-corrected chi connectivity index (χ2v) is 19.2. The highest BCUT2D eigenvalue weighted by Crippen LogP contribution is 2.70. The quantitative estimate of drug-likeness (QED) is 0.0972. The molecule has 328 valence electrons. The average molecular weight is 826 g/mol. The first kappa shape index (κ1) is 42.7. The summed E-state index contributed by atoms with van der Waals surface area (Å²) < 4.78 is 42.0. The van der Waals surface area contributed by atoms with Crippen LogP contribution in [0, 0.1) is 44.6 Å². The van der Waals surface area contributed by atoms with E-state index in [0.29, 0.717) is 17.9 Å². The molecule has 0 spiro atoms. The normalized spacial score (nSPS) is 53.1. The number of hydrogen-bond donors (Lipinski definition) is 5. The standard InChI is InChI=1S/C41H63NO16/c1-19-36(47)27(43)14-33(52-19)56-38-21(3)54-34(16-29(38)45)57-37-20(2)53-32(15-28(37)44)55-24-8-10-39(4)23(13-24)6-7-26-25(39)9-11-40(5)35(22-12-31(46)51-18-22)30(58-42(49)50)17-41(26,40)48/h12,19-21,23-30,32-38,43-45,47-48H,6-11,13-18H2,1-5H3/t19-,20-,21-,23-,24+,25+,26-,27+,28+,29+,30+,32+,33+,34+,35+,36-,37-,38-,39+,40-,41+/m1/s1. The van der Waals surface area contributed by atoms with Crippen molar-refractivity contribution in [1.29, 1.82) is 0 Å².